The summed E-state index contributed by atoms with van der Waals surface area (Å²) in [6.45, 7) is 0. The predicted octanol–water partition coefficient (Wildman–Crippen LogP) is 1.27. The Morgan fingerprint density at radius 2 is 1.13 bits per heavy atom. The van der Waals surface area contributed by atoms with Crippen LogP contribution in [0, 0.1) is 0 Å². The second kappa shape index (κ2) is 7.43. The Balaban J connectivity index is 0.00000192. The van der Waals surface area contributed by atoms with Crippen molar-refractivity contribution < 1.29 is 42.5 Å². The van der Waals surface area contributed by atoms with Crippen molar-refractivity contribution in [1.82, 2.24) is 0 Å². The second-order valence-corrected chi connectivity index (χ2v) is 6.34. The van der Waals surface area contributed by atoms with E-state index in [2.05, 4.69) is 0 Å². The van der Waals surface area contributed by atoms with Gasteiger partial charge >= 0.3 is 29.6 Å². The number of hydrogen-bond acceptors (Lipinski definition) is 2. The van der Waals surface area contributed by atoms with E-state index in [1.165, 1.54) is 12.1 Å². The second-order valence-electron chi connectivity index (χ2n) is 4.91. The third-order valence-corrected chi connectivity index (χ3v) is 4.31. The quantitative estimate of drug-likeness (QED) is 0.580. The molecule has 3 nitrogen and oxygen atoms in total. The topological polar surface area (TPSA) is 54.4 Å². The molecule has 23 heavy (non-hydrogen) atoms. The Bertz CT molecular complexity index is 892. The molecule has 5 heteroatoms. The van der Waals surface area contributed by atoms with Gasteiger partial charge in [0.1, 0.15) is 0 Å². The van der Waals surface area contributed by atoms with Crippen molar-refractivity contribution in [2.24, 2.45) is 0 Å². The molecule has 3 aromatic rings. The molecular weight excluding hydrogens is 319 g/mol. The Kier molecular flexibility index (Phi) is 5.79. The van der Waals surface area contributed by atoms with Crippen LogP contribution in [0.4, 0.5) is 0 Å². The van der Waals surface area contributed by atoms with Crippen molar-refractivity contribution >= 4 is 10.1 Å². The molecule has 1 N–H and O–H groups in total. The minimum Gasteiger partial charge on any atom is -0.282 e. The fourth-order valence-corrected chi connectivity index (χ4v) is 2.92. The summed E-state index contributed by atoms with van der Waals surface area (Å²) in [5.41, 5.74) is 3.57. The molecule has 110 valence electrons. The Labute approximate surface area is 158 Å². The monoisotopic (exact) mass is 333 g/mol. The normalized spacial score (nSPS) is 10.8. The van der Waals surface area contributed by atoms with Gasteiger partial charge in [-0.3, -0.25) is 4.55 Å². The fourth-order valence-electron chi connectivity index (χ4n) is 2.41. The van der Waals surface area contributed by atoms with E-state index < -0.39 is 10.1 Å². The standard InChI is InChI=1S/C18H14O3S.Na/c19-22(20,21)16-11-12-17(14-7-3-1-4-8-14)18(13-16)15-9-5-2-6-10-15;/h1-13H,(H,19,20,21);/q;+1. The van der Waals surface area contributed by atoms with E-state index >= 15 is 0 Å². The van der Waals surface area contributed by atoms with Crippen molar-refractivity contribution in [3.8, 4) is 22.3 Å². The summed E-state index contributed by atoms with van der Waals surface area (Å²) in [4.78, 5) is -0.106. The summed E-state index contributed by atoms with van der Waals surface area (Å²) in [6.07, 6.45) is 0. The van der Waals surface area contributed by atoms with E-state index in [0.717, 1.165) is 22.3 Å². The summed E-state index contributed by atoms with van der Waals surface area (Å²) < 4.78 is 32.1. The van der Waals surface area contributed by atoms with E-state index in [4.69, 9.17) is 0 Å². The zero-order chi connectivity index (χ0) is 15.6. The van der Waals surface area contributed by atoms with Gasteiger partial charge in [0.25, 0.3) is 10.1 Å². The molecule has 0 aliphatic rings. The summed E-state index contributed by atoms with van der Waals surface area (Å²) in [5.74, 6) is 0. The molecule has 0 saturated carbocycles. The molecule has 0 amide bonds. The summed E-state index contributed by atoms with van der Waals surface area (Å²) in [7, 11) is -4.23. The molecule has 0 atom stereocenters. The molecule has 0 bridgehead atoms. The fraction of sp³-hybridized carbons (Fsp3) is 0. The zero-order valence-electron chi connectivity index (χ0n) is 12.7. The molecule has 0 radical (unpaired) electrons. The van der Waals surface area contributed by atoms with E-state index in [-0.39, 0.29) is 34.5 Å². The molecule has 0 aliphatic carbocycles. The molecule has 3 aromatic carbocycles. The van der Waals surface area contributed by atoms with Crippen molar-refractivity contribution in [3.05, 3.63) is 78.9 Å². The molecule has 0 saturated heterocycles. The van der Waals surface area contributed by atoms with E-state index in [1.807, 2.05) is 60.7 Å². The SMILES string of the molecule is O=S(=O)(O)c1ccc(-c2ccccc2)c(-c2ccccc2)c1.[Na+]. The Morgan fingerprint density at radius 1 is 0.652 bits per heavy atom. The van der Waals surface area contributed by atoms with Gasteiger partial charge in [-0.2, -0.15) is 8.42 Å². The maximum absolute atomic E-state index is 11.4. The van der Waals surface area contributed by atoms with Gasteiger partial charge in [-0.1, -0.05) is 66.7 Å². The van der Waals surface area contributed by atoms with Gasteiger partial charge < -0.3 is 0 Å². The van der Waals surface area contributed by atoms with Crippen LogP contribution in [-0.2, 0) is 10.1 Å². The smallest absolute Gasteiger partial charge is 0.282 e. The van der Waals surface area contributed by atoms with Gasteiger partial charge in [-0.15, -0.1) is 0 Å². The average Bonchev–Trinajstić information content (AvgIpc) is 2.55. The third kappa shape index (κ3) is 4.10. The van der Waals surface area contributed by atoms with Crippen LogP contribution in [0.3, 0.4) is 0 Å². The van der Waals surface area contributed by atoms with E-state index in [0.29, 0.717) is 0 Å². The molecule has 0 heterocycles. The Hall–Kier alpha value is -1.43. The van der Waals surface area contributed by atoms with Gasteiger partial charge in [0.15, 0.2) is 0 Å². The minimum atomic E-state index is -4.23. The summed E-state index contributed by atoms with van der Waals surface area (Å²) >= 11 is 0. The molecule has 0 unspecified atom stereocenters. The number of benzene rings is 3. The largest absolute Gasteiger partial charge is 1.00 e. The van der Waals surface area contributed by atoms with Crippen LogP contribution in [0.2, 0.25) is 0 Å². The van der Waals surface area contributed by atoms with Gasteiger partial charge in [-0.05, 0) is 34.4 Å². The first kappa shape index (κ1) is 17.9. The van der Waals surface area contributed by atoms with Crippen LogP contribution >= 0.6 is 0 Å². The first-order valence-electron chi connectivity index (χ1n) is 6.78. The molecule has 3 rings (SSSR count). The van der Waals surface area contributed by atoms with Crippen molar-refractivity contribution in [1.29, 1.82) is 0 Å². The number of rotatable bonds is 3. The Morgan fingerprint density at radius 3 is 1.61 bits per heavy atom. The third-order valence-electron chi connectivity index (χ3n) is 3.46. The first-order chi connectivity index (χ1) is 10.6. The van der Waals surface area contributed by atoms with Gasteiger partial charge in [-0.25, -0.2) is 0 Å². The van der Waals surface area contributed by atoms with Gasteiger partial charge in [0, 0.05) is 0 Å². The average molecular weight is 333 g/mol. The van der Waals surface area contributed by atoms with Crippen LogP contribution in [0.1, 0.15) is 0 Å². The van der Waals surface area contributed by atoms with Crippen LogP contribution in [-0.4, -0.2) is 13.0 Å². The molecule has 0 spiro atoms. The van der Waals surface area contributed by atoms with Crippen molar-refractivity contribution in [3.63, 3.8) is 0 Å². The van der Waals surface area contributed by atoms with E-state index in [9.17, 15) is 13.0 Å². The molecule has 0 aliphatic heterocycles. The summed E-state index contributed by atoms with van der Waals surface area (Å²) in [6, 6.07) is 23.9. The van der Waals surface area contributed by atoms with Gasteiger partial charge in [0.05, 0.1) is 4.90 Å². The van der Waals surface area contributed by atoms with Crippen LogP contribution < -0.4 is 29.6 Å². The zero-order valence-corrected chi connectivity index (χ0v) is 15.5. The van der Waals surface area contributed by atoms with Crippen molar-refractivity contribution in [2.75, 3.05) is 0 Å². The van der Waals surface area contributed by atoms with Crippen LogP contribution in [0.5, 0.6) is 0 Å². The van der Waals surface area contributed by atoms with Crippen LogP contribution in [0.25, 0.3) is 22.3 Å². The maximum Gasteiger partial charge on any atom is 1.00 e. The van der Waals surface area contributed by atoms with Crippen LogP contribution in [0.15, 0.2) is 83.8 Å². The summed E-state index contributed by atoms with van der Waals surface area (Å²) in [5, 5.41) is 0. The van der Waals surface area contributed by atoms with E-state index in [1.54, 1.807) is 6.07 Å². The maximum atomic E-state index is 11.4. The predicted molar refractivity (Wildman–Crippen MR) is 87.1 cm³/mol. The molecule has 0 fully saturated rings. The first-order valence-corrected chi connectivity index (χ1v) is 8.22. The number of hydrogen-bond donors (Lipinski definition) is 1. The minimum absolute atomic E-state index is 0. The van der Waals surface area contributed by atoms with Crippen molar-refractivity contribution in [2.45, 2.75) is 4.90 Å². The van der Waals surface area contributed by atoms with Gasteiger partial charge in [0.2, 0.25) is 0 Å². The molecule has 0 aromatic heterocycles. The molecular formula is C18H14NaO3S+.